The van der Waals surface area contributed by atoms with Crippen molar-refractivity contribution in [3.63, 3.8) is 0 Å². The van der Waals surface area contributed by atoms with E-state index in [9.17, 15) is 18.8 Å². The van der Waals surface area contributed by atoms with Gasteiger partial charge in [-0.05, 0) is 17.7 Å². The monoisotopic (exact) mass is 382 g/mol. The minimum atomic E-state index is -0.670. The number of carbonyl (C=O) groups is 1. The van der Waals surface area contributed by atoms with Gasteiger partial charge in [-0.25, -0.2) is 8.78 Å². The molecule has 1 amide bonds. The van der Waals surface area contributed by atoms with Crippen molar-refractivity contribution < 1.29 is 13.6 Å². The number of nitriles is 1. The molecule has 1 fully saturated rings. The van der Waals surface area contributed by atoms with Gasteiger partial charge in [0, 0.05) is 45.0 Å². The normalized spacial score (nSPS) is 15.2. The minimum Gasteiger partial charge on any atom is -0.358 e. The molecule has 2 aromatic carbocycles. The molecule has 0 aromatic heterocycles. The highest BCUT2D eigenvalue weighted by Crippen LogP contribution is 2.16. The Bertz CT molecular complexity index is 900. The van der Waals surface area contributed by atoms with E-state index in [1.807, 2.05) is 24.3 Å². The van der Waals surface area contributed by atoms with Gasteiger partial charge in [-0.2, -0.15) is 5.26 Å². The van der Waals surface area contributed by atoms with E-state index in [2.05, 4.69) is 22.3 Å². The summed E-state index contributed by atoms with van der Waals surface area (Å²) in [6, 6.07) is 14.9. The average molecular weight is 382 g/mol. The Kier molecular flexibility index (Phi) is 6.35. The fraction of sp³-hybridized carbons (Fsp3) is 0.238. The lowest BCUT2D eigenvalue weighted by atomic mass is 10.2. The maximum Gasteiger partial charge on any atom is 0.266 e. The molecule has 5 nitrogen and oxygen atoms in total. The topological polar surface area (TPSA) is 59.4 Å². The Morgan fingerprint density at radius 3 is 2.50 bits per heavy atom. The third kappa shape index (κ3) is 4.93. The van der Waals surface area contributed by atoms with E-state index in [4.69, 9.17) is 0 Å². The number of carbonyl (C=O) groups excluding carboxylic acids is 1. The molecule has 1 aliphatic heterocycles. The molecule has 1 aliphatic rings. The average Bonchev–Trinajstić information content (AvgIpc) is 2.72. The van der Waals surface area contributed by atoms with Crippen LogP contribution in [0, 0.1) is 23.0 Å². The van der Waals surface area contributed by atoms with Crippen molar-refractivity contribution in [2.24, 2.45) is 0 Å². The van der Waals surface area contributed by atoms with Crippen LogP contribution in [0.1, 0.15) is 5.56 Å². The van der Waals surface area contributed by atoms with Crippen molar-refractivity contribution in [2.75, 3.05) is 31.5 Å². The molecule has 0 radical (unpaired) electrons. The standard InChI is InChI=1S/C21H20F2N4O/c22-18-6-7-19(23)20(12-18)25-14-17(13-24)21(28)27-10-8-26(9-11-27)15-16-4-2-1-3-5-16/h1-7,12,14,25H,8-11,15H2/b17-14-. The minimum absolute atomic E-state index is 0.131. The summed E-state index contributed by atoms with van der Waals surface area (Å²) in [5.74, 6) is -1.71. The Balaban J connectivity index is 1.58. The van der Waals surface area contributed by atoms with Gasteiger partial charge in [-0.1, -0.05) is 30.3 Å². The van der Waals surface area contributed by atoms with Crippen LogP contribution in [0.2, 0.25) is 0 Å². The summed E-state index contributed by atoms with van der Waals surface area (Å²) in [4.78, 5) is 16.4. The zero-order chi connectivity index (χ0) is 19.9. The van der Waals surface area contributed by atoms with E-state index in [0.29, 0.717) is 26.2 Å². The lowest BCUT2D eigenvalue weighted by Crippen LogP contribution is -2.48. The number of amides is 1. The number of nitrogens with zero attached hydrogens (tertiary/aromatic N) is 3. The Morgan fingerprint density at radius 1 is 1.11 bits per heavy atom. The van der Waals surface area contributed by atoms with Crippen LogP contribution >= 0.6 is 0 Å². The SMILES string of the molecule is N#C/C(=C/Nc1cc(F)ccc1F)C(=O)N1CCN(Cc2ccccc2)CC1. The Morgan fingerprint density at radius 2 is 1.82 bits per heavy atom. The first-order valence-electron chi connectivity index (χ1n) is 8.94. The number of rotatable bonds is 5. The molecule has 7 heteroatoms. The second-order valence-electron chi connectivity index (χ2n) is 6.49. The number of halogens is 2. The van der Waals surface area contributed by atoms with Gasteiger partial charge in [0.25, 0.3) is 5.91 Å². The molecule has 1 heterocycles. The van der Waals surface area contributed by atoms with E-state index in [-0.39, 0.29) is 11.3 Å². The summed E-state index contributed by atoms with van der Waals surface area (Å²) in [5.41, 5.74) is 0.926. The molecule has 0 atom stereocenters. The first kappa shape index (κ1) is 19.5. The fourth-order valence-electron chi connectivity index (χ4n) is 3.02. The molecule has 2 aromatic rings. The first-order chi connectivity index (χ1) is 13.6. The van der Waals surface area contributed by atoms with Crippen LogP contribution in [0.5, 0.6) is 0 Å². The van der Waals surface area contributed by atoms with Gasteiger partial charge in [0.15, 0.2) is 0 Å². The summed E-state index contributed by atoms with van der Waals surface area (Å²) in [6.45, 7) is 3.21. The van der Waals surface area contributed by atoms with Gasteiger partial charge in [0.2, 0.25) is 0 Å². The third-order valence-corrected chi connectivity index (χ3v) is 4.56. The largest absolute Gasteiger partial charge is 0.358 e. The van der Waals surface area contributed by atoms with Crippen molar-refractivity contribution in [1.82, 2.24) is 9.80 Å². The van der Waals surface area contributed by atoms with E-state index < -0.39 is 17.5 Å². The number of hydrogen-bond acceptors (Lipinski definition) is 4. The summed E-state index contributed by atoms with van der Waals surface area (Å²) in [6.07, 6.45) is 1.12. The number of piperazine rings is 1. The fourth-order valence-corrected chi connectivity index (χ4v) is 3.02. The number of nitrogens with one attached hydrogen (secondary N) is 1. The summed E-state index contributed by atoms with van der Waals surface area (Å²) < 4.78 is 26.9. The van der Waals surface area contributed by atoms with E-state index in [1.54, 1.807) is 4.90 Å². The lowest BCUT2D eigenvalue weighted by Gasteiger charge is -2.34. The second-order valence-corrected chi connectivity index (χ2v) is 6.49. The molecule has 144 valence electrons. The molecule has 0 aliphatic carbocycles. The maximum absolute atomic E-state index is 13.7. The molecular weight excluding hydrogens is 362 g/mol. The number of anilines is 1. The van der Waals surface area contributed by atoms with E-state index in [1.165, 1.54) is 5.56 Å². The predicted octanol–water partition coefficient (Wildman–Crippen LogP) is 3.13. The van der Waals surface area contributed by atoms with Crippen molar-refractivity contribution in [1.29, 1.82) is 5.26 Å². The van der Waals surface area contributed by atoms with Gasteiger partial charge >= 0.3 is 0 Å². The summed E-state index contributed by atoms with van der Waals surface area (Å²) >= 11 is 0. The van der Waals surface area contributed by atoms with Crippen LogP contribution < -0.4 is 5.32 Å². The zero-order valence-corrected chi connectivity index (χ0v) is 15.2. The van der Waals surface area contributed by atoms with Gasteiger partial charge in [-0.15, -0.1) is 0 Å². The third-order valence-electron chi connectivity index (χ3n) is 4.56. The van der Waals surface area contributed by atoms with E-state index >= 15 is 0 Å². The van der Waals surface area contributed by atoms with Gasteiger partial charge in [-0.3, -0.25) is 9.69 Å². The van der Waals surface area contributed by atoms with Crippen molar-refractivity contribution in [3.05, 3.63) is 77.5 Å². The van der Waals surface area contributed by atoms with Crippen LogP contribution in [0.4, 0.5) is 14.5 Å². The van der Waals surface area contributed by atoms with Gasteiger partial charge in [0.1, 0.15) is 23.3 Å². The zero-order valence-electron chi connectivity index (χ0n) is 15.2. The van der Waals surface area contributed by atoms with Gasteiger partial charge < -0.3 is 10.2 Å². The predicted molar refractivity (Wildman–Crippen MR) is 102 cm³/mol. The van der Waals surface area contributed by atoms with Crippen LogP contribution in [-0.4, -0.2) is 41.9 Å². The summed E-state index contributed by atoms with van der Waals surface area (Å²) in [7, 11) is 0. The van der Waals surface area contributed by atoms with Crippen molar-refractivity contribution in [2.45, 2.75) is 6.54 Å². The number of benzene rings is 2. The molecule has 3 rings (SSSR count). The van der Waals surface area contributed by atoms with Crippen LogP contribution in [0.3, 0.4) is 0 Å². The smallest absolute Gasteiger partial charge is 0.266 e. The molecule has 1 N–H and O–H groups in total. The molecule has 0 bridgehead atoms. The highest BCUT2D eigenvalue weighted by molar-refractivity contribution is 5.97. The lowest BCUT2D eigenvalue weighted by molar-refractivity contribution is -0.128. The van der Waals surface area contributed by atoms with Crippen molar-refractivity contribution >= 4 is 11.6 Å². The Hall–Kier alpha value is -3.24. The molecule has 1 saturated heterocycles. The van der Waals surface area contributed by atoms with Crippen LogP contribution in [0.15, 0.2) is 60.3 Å². The molecule has 28 heavy (non-hydrogen) atoms. The second kappa shape index (κ2) is 9.11. The van der Waals surface area contributed by atoms with E-state index in [0.717, 1.165) is 30.9 Å². The quantitative estimate of drug-likeness (QED) is 0.638. The van der Waals surface area contributed by atoms with Crippen LogP contribution in [-0.2, 0) is 11.3 Å². The van der Waals surface area contributed by atoms with Crippen LogP contribution in [0.25, 0.3) is 0 Å². The molecule has 0 spiro atoms. The number of hydrogen-bond donors (Lipinski definition) is 1. The first-order valence-corrected chi connectivity index (χ1v) is 8.94. The molecular formula is C21H20F2N4O. The molecule has 0 unspecified atom stereocenters. The van der Waals surface area contributed by atoms with Crippen molar-refractivity contribution in [3.8, 4) is 6.07 Å². The Labute approximate surface area is 162 Å². The summed E-state index contributed by atoms with van der Waals surface area (Å²) in [5, 5.41) is 11.8. The highest BCUT2D eigenvalue weighted by atomic mass is 19.1. The molecule has 0 saturated carbocycles. The highest BCUT2D eigenvalue weighted by Gasteiger charge is 2.23. The van der Waals surface area contributed by atoms with Gasteiger partial charge in [0.05, 0.1) is 5.69 Å². The maximum atomic E-state index is 13.7.